The van der Waals surface area contributed by atoms with Gasteiger partial charge in [-0.3, -0.25) is 15.0 Å². The second-order valence-electron chi connectivity index (χ2n) is 7.50. The lowest BCUT2D eigenvalue weighted by molar-refractivity contribution is -0.386. The van der Waals surface area contributed by atoms with Crippen molar-refractivity contribution < 1.29 is 14.1 Å². The normalized spacial score (nSPS) is 29.2. The van der Waals surface area contributed by atoms with E-state index < -0.39 is 16.4 Å². The molecule has 0 radical (unpaired) electrons. The number of hydrogen-bond donors (Lipinski definition) is 0. The van der Waals surface area contributed by atoms with Crippen molar-refractivity contribution in [3.8, 4) is 5.75 Å². The molecule has 7 heteroatoms. The minimum absolute atomic E-state index is 0.314. The summed E-state index contributed by atoms with van der Waals surface area (Å²) >= 11 is 0. The molecule has 25 heavy (non-hydrogen) atoms. The molecule has 1 saturated heterocycles. The van der Waals surface area contributed by atoms with Gasteiger partial charge in [-0.15, -0.1) is 0 Å². The van der Waals surface area contributed by atoms with Crippen molar-refractivity contribution in [2.45, 2.75) is 31.7 Å². The van der Waals surface area contributed by atoms with Crippen LogP contribution in [0.25, 0.3) is 0 Å². The highest BCUT2D eigenvalue weighted by molar-refractivity contribution is 5.67. The molecule has 0 aromatic heterocycles. The molecule has 2 bridgehead atoms. The average Bonchev–Trinajstić information content (AvgIpc) is 3.24. The van der Waals surface area contributed by atoms with Gasteiger partial charge in [0.05, 0.1) is 12.0 Å². The summed E-state index contributed by atoms with van der Waals surface area (Å²) in [7, 11) is 1.44. The molecule has 4 rings (SSSR count). The molecule has 1 aromatic rings. The summed E-state index contributed by atoms with van der Waals surface area (Å²) in [6.07, 6.45) is 5.41. The SMILES string of the molecule is COc1cc(F)c([N+](=O)[O-])c(N2CCN(C3CC4CCC3C4)CC2)c1. The molecule has 3 fully saturated rings. The molecule has 136 valence electrons. The Labute approximate surface area is 146 Å². The fourth-order valence-electron chi connectivity index (χ4n) is 5.05. The molecule has 3 atom stereocenters. The van der Waals surface area contributed by atoms with E-state index in [0.717, 1.165) is 31.0 Å². The average molecular weight is 349 g/mol. The zero-order valence-corrected chi connectivity index (χ0v) is 14.5. The number of nitrogens with zero attached hydrogens (tertiary/aromatic N) is 3. The Morgan fingerprint density at radius 1 is 1.20 bits per heavy atom. The first-order valence-corrected chi connectivity index (χ1v) is 9.07. The summed E-state index contributed by atoms with van der Waals surface area (Å²) in [6, 6.07) is 3.33. The van der Waals surface area contributed by atoms with E-state index in [1.807, 2.05) is 4.90 Å². The van der Waals surface area contributed by atoms with Crippen molar-refractivity contribution in [1.82, 2.24) is 4.90 Å². The second-order valence-corrected chi connectivity index (χ2v) is 7.50. The highest BCUT2D eigenvalue weighted by Crippen LogP contribution is 2.47. The predicted molar refractivity (Wildman–Crippen MR) is 92.6 cm³/mol. The highest BCUT2D eigenvalue weighted by Gasteiger charge is 2.43. The third-order valence-electron chi connectivity index (χ3n) is 6.26. The molecule has 6 nitrogen and oxygen atoms in total. The molecule has 1 aliphatic heterocycles. The van der Waals surface area contributed by atoms with Crippen molar-refractivity contribution in [2.75, 3.05) is 38.2 Å². The van der Waals surface area contributed by atoms with Crippen LogP contribution in [-0.2, 0) is 0 Å². The van der Waals surface area contributed by atoms with Crippen molar-refractivity contribution in [2.24, 2.45) is 11.8 Å². The summed E-state index contributed by atoms with van der Waals surface area (Å²) in [6.45, 7) is 3.12. The maximum Gasteiger partial charge on any atom is 0.328 e. The Balaban J connectivity index is 1.50. The number of anilines is 1. The molecule has 1 aromatic carbocycles. The first-order valence-electron chi connectivity index (χ1n) is 9.07. The minimum Gasteiger partial charge on any atom is -0.497 e. The Morgan fingerprint density at radius 2 is 1.96 bits per heavy atom. The summed E-state index contributed by atoms with van der Waals surface area (Å²) in [5.41, 5.74) is -0.122. The van der Waals surface area contributed by atoms with Gasteiger partial charge in [0.2, 0.25) is 5.82 Å². The second kappa shape index (κ2) is 6.44. The van der Waals surface area contributed by atoms with E-state index in [0.29, 0.717) is 30.6 Å². The number of ether oxygens (including phenoxy) is 1. The van der Waals surface area contributed by atoms with Crippen LogP contribution in [0.1, 0.15) is 25.7 Å². The van der Waals surface area contributed by atoms with E-state index in [1.165, 1.54) is 32.8 Å². The third-order valence-corrected chi connectivity index (χ3v) is 6.26. The van der Waals surface area contributed by atoms with E-state index in [2.05, 4.69) is 4.90 Å². The summed E-state index contributed by atoms with van der Waals surface area (Å²) in [5.74, 6) is 1.21. The van der Waals surface area contributed by atoms with Crippen LogP contribution < -0.4 is 9.64 Å². The van der Waals surface area contributed by atoms with Crippen LogP contribution in [0, 0.1) is 27.8 Å². The van der Waals surface area contributed by atoms with Crippen molar-refractivity contribution >= 4 is 11.4 Å². The first kappa shape index (κ1) is 16.6. The van der Waals surface area contributed by atoms with Crippen molar-refractivity contribution in [3.05, 3.63) is 28.1 Å². The van der Waals surface area contributed by atoms with Gasteiger partial charge in [-0.1, -0.05) is 6.42 Å². The van der Waals surface area contributed by atoms with Crippen LogP contribution in [0.15, 0.2) is 12.1 Å². The largest absolute Gasteiger partial charge is 0.497 e. The lowest BCUT2D eigenvalue weighted by Crippen LogP contribution is -2.51. The number of nitro groups is 1. The lowest BCUT2D eigenvalue weighted by atomic mass is 9.93. The Hall–Kier alpha value is -1.89. The number of nitro benzene ring substituents is 1. The van der Waals surface area contributed by atoms with Crippen molar-refractivity contribution in [1.29, 1.82) is 0 Å². The molecule has 1 heterocycles. The first-order chi connectivity index (χ1) is 12.1. The maximum atomic E-state index is 14.2. The van der Waals surface area contributed by atoms with Crippen LogP contribution >= 0.6 is 0 Å². The fraction of sp³-hybridized carbons (Fsp3) is 0.667. The number of piperazine rings is 1. The van der Waals surface area contributed by atoms with Gasteiger partial charge in [0.1, 0.15) is 11.4 Å². The van der Waals surface area contributed by atoms with Gasteiger partial charge in [0.15, 0.2) is 0 Å². The smallest absolute Gasteiger partial charge is 0.328 e. The van der Waals surface area contributed by atoms with E-state index in [-0.39, 0.29) is 0 Å². The molecule has 3 aliphatic rings. The number of rotatable bonds is 4. The van der Waals surface area contributed by atoms with Gasteiger partial charge in [-0.2, -0.15) is 4.39 Å². The molecule has 2 aliphatic carbocycles. The summed E-state index contributed by atoms with van der Waals surface area (Å²) in [4.78, 5) is 15.2. The minimum atomic E-state index is -0.838. The fourth-order valence-corrected chi connectivity index (χ4v) is 5.05. The standard InChI is InChI=1S/C18H24FN3O3/c1-25-14-10-15(19)18(22(23)24)17(11-14)21-6-4-20(5-7-21)16-9-12-2-3-13(16)8-12/h10-13,16H,2-9H2,1H3. The van der Waals surface area contributed by atoms with Gasteiger partial charge < -0.3 is 9.64 Å². The van der Waals surface area contributed by atoms with Crippen LogP contribution in [0.4, 0.5) is 15.8 Å². The lowest BCUT2D eigenvalue weighted by Gasteiger charge is -2.41. The van der Waals surface area contributed by atoms with Crippen molar-refractivity contribution in [3.63, 3.8) is 0 Å². The van der Waals surface area contributed by atoms with Gasteiger partial charge in [-0.25, -0.2) is 0 Å². The van der Waals surface area contributed by atoms with Crippen LogP contribution in [0.2, 0.25) is 0 Å². The molecule has 3 unspecified atom stereocenters. The molecule has 0 spiro atoms. The van der Waals surface area contributed by atoms with Crippen LogP contribution in [0.5, 0.6) is 5.75 Å². The number of hydrogen-bond acceptors (Lipinski definition) is 5. The molecule has 2 saturated carbocycles. The van der Waals surface area contributed by atoms with Gasteiger partial charge >= 0.3 is 5.69 Å². The van der Waals surface area contributed by atoms with E-state index in [9.17, 15) is 14.5 Å². The Bertz CT molecular complexity index is 676. The van der Waals surface area contributed by atoms with E-state index in [4.69, 9.17) is 4.74 Å². The predicted octanol–water partition coefficient (Wildman–Crippen LogP) is 3.05. The zero-order chi connectivity index (χ0) is 17.6. The summed E-state index contributed by atoms with van der Waals surface area (Å²) in [5, 5.41) is 11.3. The Morgan fingerprint density at radius 3 is 2.52 bits per heavy atom. The molecule has 0 N–H and O–H groups in total. The zero-order valence-electron chi connectivity index (χ0n) is 14.5. The van der Waals surface area contributed by atoms with Gasteiger partial charge in [0.25, 0.3) is 0 Å². The van der Waals surface area contributed by atoms with E-state index >= 15 is 0 Å². The third kappa shape index (κ3) is 2.94. The number of fused-ring (bicyclic) bond motifs is 2. The quantitative estimate of drug-likeness (QED) is 0.618. The molecular formula is C18H24FN3O3. The van der Waals surface area contributed by atoms with Crippen LogP contribution in [0.3, 0.4) is 0 Å². The number of methoxy groups -OCH3 is 1. The number of benzene rings is 1. The Kier molecular flexibility index (Phi) is 4.27. The van der Waals surface area contributed by atoms with Crippen LogP contribution in [-0.4, -0.2) is 49.2 Å². The van der Waals surface area contributed by atoms with E-state index in [1.54, 1.807) is 6.07 Å². The number of halogens is 1. The summed E-state index contributed by atoms with van der Waals surface area (Å²) < 4.78 is 19.3. The van der Waals surface area contributed by atoms with Gasteiger partial charge in [0, 0.05) is 44.4 Å². The molecule has 0 amide bonds. The topological polar surface area (TPSA) is 58.9 Å². The maximum absolute atomic E-state index is 14.2. The monoisotopic (exact) mass is 349 g/mol. The molecular weight excluding hydrogens is 325 g/mol. The van der Waals surface area contributed by atoms with Gasteiger partial charge in [-0.05, 0) is 31.1 Å². The highest BCUT2D eigenvalue weighted by atomic mass is 19.1.